The van der Waals surface area contributed by atoms with E-state index in [-0.39, 0.29) is 5.83 Å². The Hall–Kier alpha value is -0.700. The number of likely N-dealkylation sites (N-methyl/N-ethyl adjacent to an activating group) is 1. The topological polar surface area (TPSA) is 12.0 Å². The van der Waals surface area contributed by atoms with E-state index in [0.717, 1.165) is 5.70 Å². The summed E-state index contributed by atoms with van der Waals surface area (Å²) in [4.78, 5) is 0. The predicted molar refractivity (Wildman–Crippen MR) is 66.5 cm³/mol. The maximum Gasteiger partial charge on any atom is 0.130 e. The molecule has 0 radical (unpaired) electrons. The van der Waals surface area contributed by atoms with Crippen molar-refractivity contribution in [2.24, 2.45) is 0 Å². The molecule has 82 valence electrons. The first-order valence-electron chi connectivity index (χ1n) is 4.46. The SMILES string of the molecule is C\C=C/C(=C\C(F)=C\S(C)(C)C)NC. The minimum Gasteiger partial charge on any atom is -0.388 e. The monoisotopic (exact) mass is 217 g/mol. The van der Waals surface area contributed by atoms with Crippen LogP contribution in [0.25, 0.3) is 0 Å². The fourth-order valence-corrected chi connectivity index (χ4v) is 1.65. The summed E-state index contributed by atoms with van der Waals surface area (Å²) in [5, 5.41) is 4.61. The number of allylic oxidation sites excluding steroid dienone is 4. The molecular formula is C11H20FNS. The van der Waals surface area contributed by atoms with Crippen molar-refractivity contribution in [3.63, 3.8) is 0 Å². The average Bonchev–Trinajstić information content (AvgIpc) is 2.00. The van der Waals surface area contributed by atoms with Crippen LogP contribution in [0.2, 0.25) is 0 Å². The number of halogens is 1. The van der Waals surface area contributed by atoms with Gasteiger partial charge in [0.05, 0.1) is 0 Å². The summed E-state index contributed by atoms with van der Waals surface area (Å²) in [6.45, 7) is 1.90. The van der Waals surface area contributed by atoms with E-state index in [4.69, 9.17) is 0 Å². The molecule has 0 fully saturated rings. The van der Waals surface area contributed by atoms with Gasteiger partial charge in [0.2, 0.25) is 0 Å². The number of hydrogen-bond donors (Lipinski definition) is 1. The maximum absolute atomic E-state index is 13.4. The van der Waals surface area contributed by atoms with Crippen LogP contribution in [0.15, 0.2) is 35.2 Å². The molecule has 0 heterocycles. The molecule has 0 atom stereocenters. The molecule has 1 N–H and O–H groups in total. The molecule has 0 unspecified atom stereocenters. The molecule has 0 aromatic heterocycles. The van der Waals surface area contributed by atoms with Crippen LogP contribution in [0.1, 0.15) is 6.92 Å². The van der Waals surface area contributed by atoms with Crippen LogP contribution >= 0.6 is 10.0 Å². The summed E-state index contributed by atoms with van der Waals surface area (Å²) in [5.41, 5.74) is 0.782. The Bertz CT molecular complexity index is 259. The summed E-state index contributed by atoms with van der Waals surface area (Å²) < 4.78 is 13.4. The number of rotatable bonds is 4. The molecule has 0 aromatic carbocycles. The van der Waals surface area contributed by atoms with Crippen molar-refractivity contribution in [1.82, 2.24) is 5.32 Å². The van der Waals surface area contributed by atoms with Crippen LogP contribution in [0.5, 0.6) is 0 Å². The summed E-state index contributed by atoms with van der Waals surface area (Å²) in [7, 11) is 0.855. The third-order valence-electron chi connectivity index (χ3n) is 1.39. The van der Waals surface area contributed by atoms with Gasteiger partial charge in [-0.1, -0.05) is 6.08 Å². The van der Waals surface area contributed by atoms with Gasteiger partial charge in [-0.05, 0) is 43.3 Å². The van der Waals surface area contributed by atoms with E-state index in [1.54, 1.807) is 12.5 Å². The lowest BCUT2D eigenvalue weighted by Crippen LogP contribution is -2.02. The van der Waals surface area contributed by atoms with E-state index < -0.39 is 10.0 Å². The lowest BCUT2D eigenvalue weighted by molar-refractivity contribution is 0.666. The second kappa shape index (κ2) is 5.91. The van der Waals surface area contributed by atoms with Crippen LogP contribution in [0.3, 0.4) is 0 Å². The predicted octanol–water partition coefficient (Wildman–Crippen LogP) is 3.17. The maximum atomic E-state index is 13.4. The van der Waals surface area contributed by atoms with Gasteiger partial charge in [0.1, 0.15) is 5.83 Å². The molecule has 14 heavy (non-hydrogen) atoms. The molecule has 0 spiro atoms. The Morgan fingerprint density at radius 2 is 1.86 bits per heavy atom. The zero-order valence-corrected chi connectivity index (χ0v) is 10.4. The molecule has 0 rings (SSSR count). The molecule has 1 nitrogen and oxygen atoms in total. The molecule has 0 aliphatic rings. The van der Waals surface area contributed by atoms with E-state index in [0.29, 0.717) is 0 Å². The van der Waals surface area contributed by atoms with Gasteiger partial charge < -0.3 is 5.32 Å². The third-order valence-corrected chi connectivity index (χ3v) is 2.33. The van der Waals surface area contributed by atoms with Crippen molar-refractivity contribution in [2.75, 3.05) is 25.8 Å². The van der Waals surface area contributed by atoms with Gasteiger partial charge in [-0.15, -0.1) is 0 Å². The van der Waals surface area contributed by atoms with E-state index in [1.807, 2.05) is 19.1 Å². The van der Waals surface area contributed by atoms with Crippen LogP contribution in [0.4, 0.5) is 4.39 Å². The minimum atomic E-state index is -0.926. The third kappa shape index (κ3) is 6.78. The molecule has 0 aliphatic heterocycles. The molecule has 0 amide bonds. The molecular weight excluding hydrogens is 197 g/mol. The van der Waals surface area contributed by atoms with Gasteiger partial charge in [0.25, 0.3) is 0 Å². The van der Waals surface area contributed by atoms with Crippen LogP contribution in [0, 0.1) is 0 Å². The van der Waals surface area contributed by atoms with E-state index in [2.05, 4.69) is 24.1 Å². The Morgan fingerprint density at radius 1 is 1.29 bits per heavy atom. The highest BCUT2D eigenvalue weighted by Gasteiger charge is 2.01. The highest BCUT2D eigenvalue weighted by Crippen LogP contribution is 2.38. The Morgan fingerprint density at radius 3 is 2.21 bits per heavy atom. The van der Waals surface area contributed by atoms with Crippen LogP contribution < -0.4 is 5.32 Å². The highest BCUT2D eigenvalue weighted by molar-refractivity contribution is 8.34. The van der Waals surface area contributed by atoms with Gasteiger partial charge in [0.15, 0.2) is 0 Å². The molecule has 0 saturated heterocycles. The second-order valence-electron chi connectivity index (χ2n) is 3.78. The number of hydrogen-bond acceptors (Lipinski definition) is 1. The highest BCUT2D eigenvalue weighted by atomic mass is 32.3. The standard InChI is InChI=1S/C11H20FNS/c1-6-7-11(13-2)8-10(12)9-14(3,4)5/h6-9,13H,1-5H3/b7-6-,10-9-,11-8+. The largest absolute Gasteiger partial charge is 0.388 e. The van der Waals surface area contributed by atoms with E-state index in [1.165, 1.54) is 6.08 Å². The lowest BCUT2D eigenvalue weighted by atomic mass is 10.3. The zero-order chi connectivity index (χ0) is 11.2. The van der Waals surface area contributed by atoms with Crippen molar-refractivity contribution in [3.8, 4) is 0 Å². The number of nitrogens with one attached hydrogen (secondary N) is 1. The second-order valence-corrected chi connectivity index (χ2v) is 7.88. The smallest absolute Gasteiger partial charge is 0.130 e. The average molecular weight is 217 g/mol. The molecule has 0 aromatic rings. The Kier molecular flexibility index (Phi) is 5.62. The van der Waals surface area contributed by atoms with Crippen LogP contribution in [-0.4, -0.2) is 25.8 Å². The van der Waals surface area contributed by atoms with E-state index in [9.17, 15) is 4.39 Å². The summed E-state index contributed by atoms with van der Waals surface area (Å²) >= 11 is 0. The fourth-order valence-electron chi connectivity index (χ4n) is 0.904. The van der Waals surface area contributed by atoms with E-state index >= 15 is 0 Å². The summed E-state index contributed by atoms with van der Waals surface area (Å²) in [5.74, 6) is -0.171. The first-order valence-corrected chi connectivity index (χ1v) is 7.39. The summed E-state index contributed by atoms with van der Waals surface area (Å²) in [6.07, 6.45) is 11.4. The first-order chi connectivity index (χ1) is 6.39. The first kappa shape index (κ1) is 13.3. The Balaban J connectivity index is 4.70. The van der Waals surface area contributed by atoms with Gasteiger partial charge in [-0.25, -0.2) is 14.4 Å². The van der Waals surface area contributed by atoms with Crippen molar-refractivity contribution < 1.29 is 4.39 Å². The zero-order valence-electron chi connectivity index (χ0n) is 9.60. The minimum absolute atomic E-state index is 0.171. The lowest BCUT2D eigenvalue weighted by Gasteiger charge is -2.19. The quantitative estimate of drug-likeness (QED) is 0.713. The Labute approximate surface area is 88.1 Å². The van der Waals surface area contributed by atoms with Gasteiger partial charge in [0, 0.05) is 12.7 Å². The van der Waals surface area contributed by atoms with Crippen molar-refractivity contribution in [2.45, 2.75) is 6.92 Å². The molecule has 3 heteroatoms. The summed E-state index contributed by atoms with van der Waals surface area (Å²) in [6, 6.07) is 0. The van der Waals surface area contributed by atoms with Crippen molar-refractivity contribution in [3.05, 3.63) is 35.2 Å². The van der Waals surface area contributed by atoms with Gasteiger partial charge in [-0.3, -0.25) is 0 Å². The van der Waals surface area contributed by atoms with Gasteiger partial charge in [-0.2, -0.15) is 0 Å². The normalized spacial score (nSPS) is 16.1. The molecule has 0 saturated carbocycles. The van der Waals surface area contributed by atoms with Crippen molar-refractivity contribution >= 4 is 10.0 Å². The molecule has 0 bridgehead atoms. The van der Waals surface area contributed by atoms with Gasteiger partial charge >= 0.3 is 0 Å². The van der Waals surface area contributed by atoms with Crippen LogP contribution in [-0.2, 0) is 0 Å². The fraction of sp³-hybridized carbons (Fsp3) is 0.455. The molecule has 0 aliphatic carbocycles. The van der Waals surface area contributed by atoms with Crippen molar-refractivity contribution in [1.29, 1.82) is 0 Å².